The average molecular weight is 176 g/mol. The van der Waals surface area contributed by atoms with Gasteiger partial charge in [-0.15, -0.1) is 0 Å². The Kier molecular flexibility index (Phi) is 1.83. The standard InChI is InChI=1S/C11H14N2.H2/c1-7(2)9-5-11-10(12-6-9)4-8(3)13-11;/h4-7,13H,1-3H3;1H. The molecule has 0 bridgehead atoms. The highest BCUT2D eigenvalue weighted by Gasteiger charge is 2.03. The Morgan fingerprint density at radius 1 is 1.38 bits per heavy atom. The Morgan fingerprint density at radius 3 is 2.85 bits per heavy atom. The van der Waals surface area contributed by atoms with Crippen LogP contribution in [0.1, 0.15) is 32.4 Å². The van der Waals surface area contributed by atoms with E-state index >= 15 is 0 Å². The van der Waals surface area contributed by atoms with Crippen molar-refractivity contribution >= 4 is 11.0 Å². The maximum absolute atomic E-state index is 4.39. The Balaban J connectivity index is 0.000000980. The van der Waals surface area contributed by atoms with Gasteiger partial charge in [-0.25, -0.2) is 0 Å². The molecule has 2 heteroatoms. The summed E-state index contributed by atoms with van der Waals surface area (Å²) in [4.78, 5) is 7.68. The molecule has 2 aromatic heterocycles. The third-order valence-corrected chi connectivity index (χ3v) is 2.29. The number of fused-ring (bicyclic) bond motifs is 1. The fourth-order valence-electron chi connectivity index (χ4n) is 1.48. The van der Waals surface area contributed by atoms with Crippen LogP contribution in [0.3, 0.4) is 0 Å². The molecule has 13 heavy (non-hydrogen) atoms. The lowest BCUT2D eigenvalue weighted by Crippen LogP contribution is -1.88. The predicted octanol–water partition coefficient (Wildman–Crippen LogP) is 3.24. The van der Waals surface area contributed by atoms with Gasteiger partial charge in [0.05, 0.1) is 11.0 Å². The Hall–Kier alpha value is -1.31. The number of aryl methyl sites for hydroxylation is 1. The van der Waals surface area contributed by atoms with E-state index in [9.17, 15) is 0 Å². The fraction of sp³-hybridized carbons (Fsp3) is 0.364. The van der Waals surface area contributed by atoms with E-state index in [0.717, 1.165) is 11.0 Å². The fourth-order valence-corrected chi connectivity index (χ4v) is 1.48. The molecule has 2 aromatic rings. The van der Waals surface area contributed by atoms with Gasteiger partial charge in [-0.1, -0.05) is 13.8 Å². The zero-order valence-corrected chi connectivity index (χ0v) is 8.26. The topological polar surface area (TPSA) is 28.7 Å². The lowest BCUT2D eigenvalue weighted by Gasteiger charge is -2.03. The molecule has 0 aliphatic carbocycles. The first-order valence-corrected chi connectivity index (χ1v) is 4.62. The number of H-pyrrole nitrogens is 1. The quantitative estimate of drug-likeness (QED) is 0.710. The number of pyridine rings is 1. The molecule has 2 nitrogen and oxygen atoms in total. The first-order chi connectivity index (χ1) is 6.16. The summed E-state index contributed by atoms with van der Waals surface area (Å²) in [5.41, 5.74) is 4.66. The second kappa shape index (κ2) is 2.87. The van der Waals surface area contributed by atoms with E-state index in [-0.39, 0.29) is 1.43 Å². The second-order valence-electron chi connectivity index (χ2n) is 3.81. The number of aromatic amines is 1. The van der Waals surface area contributed by atoms with E-state index in [1.807, 2.05) is 6.20 Å². The van der Waals surface area contributed by atoms with Crippen molar-refractivity contribution in [2.45, 2.75) is 26.7 Å². The van der Waals surface area contributed by atoms with Gasteiger partial charge in [0.2, 0.25) is 0 Å². The summed E-state index contributed by atoms with van der Waals surface area (Å²) < 4.78 is 0. The van der Waals surface area contributed by atoms with E-state index < -0.39 is 0 Å². The SMILES string of the molecule is Cc1cc2ncc(C(C)C)cc2[nH]1.[HH]. The number of rotatable bonds is 1. The zero-order chi connectivity index (χ0) is 9.42. The van der Waals surface area contributed by atoms with Crippen molar-refractivity contribution in [1.82, 2.24) is 9.97 Å². The van der Waals surface area contributed by atoms with E-state index in [1.165, 1.54) is 11.3 Å². The Morgan fingerprint density at radius 2 is 2.15 bits per heavy atom. The third kappa shape index (κ3) is 1.44. The lowest BCUT2D eigenvalue weighted by molar-refractivity contribution is 0.861. The summed E-state index contributed by atoms with van der Waals surface area (Å²) in [6.07, 6.45) is 1.96. The highest BCUT2D eigenvalue weighted by molar-refractivity contribution is 5.76. The van der Waals surface area contributed by atoms with Gasteiger partial charge in [0.1, 0.15) is 0 Å². The molecule has 0 aliphatic heterocycles. The van der Waals surface area contributed by atoms with Crippen LogP contribution in [0.2, 0.25) is 0 Å². The molecular weight excluding hydrogens is 160 g/mol. The largest absolute Gasteiger partial charge is 0.357 e. The molecule has 2 heterocycles. The first kappa shape index (κ1) is 8.30. The van der Waals surface area contributed by atoms with Gasteiger partial charge in [-0.2, -0.15) is 0 Å². The average Bonchev–Trinajstić information content (AvgIpc) is 2.42. The normalized spacial score (nSPS) is 11.4. The van der Waals surface area contributed by atoms with E-state index in [1.54, 1.807) is 0 Å². The van der Waals surface area contributed by atoms with Crippen LogP contribution < -0.4 is 0 Å². The van der Waals surface area contributed by atoms with Crippen LogP contribution in [-0.2, 0) is 0 Å². The van der Waals surface area contributed by atoms with E-state index in [2.05, 4.69) is 42.9 Å². The summed E-state index contributed by atoms with van der Waals surface area (Å²) in [5.74, 6) is 0.542. The molecule has 0 radical (unpaired) electrons. The van der Waals surface area contributed by atoms with Gasteiger partial charge in [-0.05, 0) is 30.5 Å². The minimum Gasteiger partial charge on any atom is -0.357 e. The van der Waals surface area contributed by atoms with Crippen LogP contribution in [0.15, 0.2) is 18.3 Å². The van der Waals surface area contributed by atoms with E-state index in [0.29, 0.717) is 5.92 Å². The second-order valence-corrected chi connectivity index (χ2v) is 3.81. The number of aromatic nitrogens is 2. The van der Waals surface area contributed by atoms with Crippen LogP contribution in [0, 0.1) is 6.92 Å². The molecule has 0 saturated carbocycles. The van der Waals surface area contributed by atoms with Gasteiger partial charge in [0, 0.05) is 13.3 Å². The summed E-state index contributed by atoms with van der Waals surface area (Å²) in [7, 11) is 0. The Labute approximate surface area is 79.5 Å². The summed E-state index contributed by atoms with van der Waals surface area (Å²) in [5, 5.41) is 0. The molecule has 0 unspecified atom stereocenters. The van der Waals surface area contributed by atoms with Crippen LogP contribution in [0.4, 0.5) is 0 Å². The molecule has 0 amide bonds. The van der Waals surface area contributed by atoms with E-state index in [4.69, 9.17) is 0 Å². The maximum Gasteiger partial charge on any atom is 0.0881 e. The van der Waals surface area contributed by atoms with Crippen LogP contribution in [-0.4, -0.2) is 9.97 Å². The van der Waals surface area contributed by atoms with Gasteiger partial charge >= 0.3 is 0 Å². The molecule has 1 N–H and O–H groups in total. The molecule has 0 saturated heterocycles. The van der Waals surface area contributed by atoms with Crippen molar-refractivity contribution < 1.29 is 1.43 Å². The monoisotopic (exact) mass is 176 g/mol. The highest BCUT2D eigenvalue weighted by atomic mass is 14.8. The molecule has 0 fully saturated rings. The minimum atomic E-state index is 0. The zero-order valence-electron chi connectivity index (χ0n) is 8.26. The van der Waals surface area contributed by atoms with Crippen LogP contribution in [0.25, 0.3) is 11.0 Å². The molecule has 0 atom stereocenters. The third-order valence-electron chi connectivity index (χ3n) is 2.29. The number of nitrogens with one attached hydrogen (secondary N) is 1. The van der Waals surface area contributed by atoms with Crippen molar-refractivity contribution in [2.24, 2.45) is 0 Å². The Bertz CT molecular complexity index is 432. The summed E-state index contributed by atoms with van der Waals surface area (Å²) >= 11 is 0. The highest BCUT2D eigenvalue weighted by Crippen LogP contribution is 2.18. The van der Waals surface area contributed by atoms with Crippen molar-refractivity contribution in [2.75, 3.05) is 0 Å². The molecule has 0 aromatic carbocycles. The number of nitrogens with zero attached hydrogens (tertiary/aromatic N) is 1. The van der Waals surface area contributed by atoms with Crippen molar-refractivity contribution in [3.05, 3.63) is 29.6 Å². The first-order valence-electron chi connectivity index (χ1n) is 4.62. The number of hydrogen-bond donors (Lipinski definition) is 1. The van der Waals surface area contributed by atoms with Crippen molar-refractivity contribution in [1.29, 1.82) is 0 Å². The number of hydrogen-bond acceptors (Lipinski definition) is 1. The van der Waals surface area contributed by atoms with Crippen molar-refractivity contribution in [3.63, 3.8) is 0 Å². The molecule has 0 spiro atoms. The summed E-state index contributed by atoms with van der Waals surface area (Å²) in [6.45, 7) is 6.41. The smallest absolute Gasteiger partial charge is 0.0881 e. The molecule has 2 rings (SSSR count). The van der Waals surface area contributed by atoms with Crippen LogP contribution >= 0.6 is 0 Å². The van der Waals surface area contributed by atoms with Gasteiger partial charge in [0.25, 0.3) is 0 Å². The van der Waals surface area contributed by atoms with Crippen molar-refractivity contribution in [3.8, 4) is 0 Å². The minimum absolute atomic E-state index is 0. The van der Waals surface area contributed by atoms with Crippen LogP contribution in [0.5, 0.6) is 0 Å². The van der Waals surface area contributed by atoms with Gasteiger partial charge in [0.15, 0.2) is 0 Å². The molecular formula is C11H16N2. The summed E-state index contributed by atoms with van der Waals surface area (Å²) in [6, 6.07) is 4.25. The molecule has 0 aliphatic rings. The van der Waals surface area contributed by atoms with Gasteiger partial charge in [-0.3, -0.25) is 4.98 Å². The molecule has 70 valence electrons. The van der Waals surface area contributed by atoms with Gasteiger partial charge < -0.3 is 4.98 Å². The predicted molar refractivity (Wildman–Crippen MR) is 57.0 cm³/mol. The lowest BCUT2D eigenvalue weighted by atomic mass is 10.1. The maximum atomic E-state index is 4.39.